The second-order valence-electron chi connectivity index (χ2n) is 2.70. The van der Waals surface area contributed by atoms with Crippen molar-refractivity contribution in [2.75, 3.05) is 6.26 Å². The monoisotopic (exact) mass is 270 g/mol. The van der Waals surface area contributed by atoms with E-state index in [0.29, 0.717) is 10.6 Å². The Bertz CT molecular complexity index is 317. The molecule has 14 heavy (non-hydrogen) atoms. The van der Waals surface area contributed by atoms with Crippen LogP contribution in [0.1, 0.15) is 11.7 Å². The Labute approximate surface area is 102 Å². The van der Waals surface area contributed by atoms with Gasteiger partial charge in [0, 0.05) is 9.92 Å². The molecule has 0 radical (unpaired) electrons. The van der Waals surface area contributed by atoms with E-state index in [2.05, 4.69) is 0 Å². The Hall–Kier alpha value is 0.400. The standard InChI is InChI=1S/C9H9Cl3OS/c1-14-7-3-5(2-6(10)4-7)8(13)9(11)12/h2-4,8-9,13H,1H3. The maximum atomic E-state index is 9.61. The number of hydrogen-bond acceptors (Lipinski definition) is 2. The molecule has 0 amide bonds. The van der Waals surface area contributed by atoms with Crippen molar-refractivity contribution < 1.29 is 5.11 Å². The SMILES string of the molecule is CSc1cc(Cl)cc(C(O)C(Cl)Cl)c1. The van der Waals surface area contributed by atoms with E-state index in [1.807, 2.05) is 18.4 Å². The lowest BCUT2D eigenvalue weighted by Gasteiger charge is -2.12. The van der Waals surface area contributed by atoms with Gasteiger partial charge in [0.05, 0.1) is 0 Å². The molecule has 1 atom stereocenters. The lowest BCUT2D eigenvalue weighted by Crippen LogP contribution is -2.05. The van der Waals surface area contributed by atoms with Crippen molar-refractivity contribution in [3.05, 3.63) is 28.8 Å². The molecule has 0 saturated heterocycles. The maximum absolute atomic E-state index is 9.61. The van der Waals surface area contributed by atoms with Gasteiger partial charge in [-0.15, -0.1) is 35.0 Å². The molecule has 0 aliphatic rings. The number of benzene rings is 1. The molecule has 5 heteroatoms. The number of aliphatic hydroxyl groups is 1. The van der Waals surface area contributed by atoms with Gasteiger partial charge < -0.3 is 5.11 Å². The van der Waals surface area contributed by atoms with Crippen LogP contribution in [0.5, 0.6) is 0 Å². The Morgan fingerprint density at radius 2 is 1.93 bits per heavy atom. The minimum Gasteiger partial charge on any atom is -0.386 e. The van der Waals surface area contributed by atoms with Crippen molar-refractivity contribution in [1.82, 2.24) is 0 Å². The summed E-state index contributed by atoms with van der Waals surface area (Å²) in [6, 6.07) is 5.29. The average Bonchev–Trinajstić information content (AvgIpc) is 2.15. The molecular formula is C9H9Cl3OS. The number of thioether (sulfide) groups is 1. The van der Waals surface area contributed by atoms with Crippen LogP contribution in [-0.2, 0) is 0 Å². The van der Waals surface area contributed by atoms with Gasteiger partial charge in [0.15, 0.2) is 0 Å². The summed E-state index contributed by atoms with van der Waals surface area (Å²) in [7, 11) is 0. The second-order valence-corrected chi connectivity index (χ2v) is 5.18. The second kappa shape index (κ2) is 5.47. The van der Waals surface area contributed by atoms with E-state index in [1.165, 1.54) is 0 Å². The van der Waals surface area contributed by atoms with Crippen molar-refractivity contribution in [3.8, 4) is 0 Å². The van der Waals surface area contributed by atoms with Gasteiger partial charge in [-0.05, 0) is 30.0 Å². The molecule has 1 aromatic rings. The van der Waals surface area contributed by atoms with Crippen LogP contribution >= 0.6 is 46.6 Å². The van der Waals surface area contributed by atoms with Crippen LogP contribution in [0.4, 0.5) is 0 Å². The van der Waals surface area contributed by atoms with Crippen LogP contribution in [0.15, 0.2) is 23.1 Å². The Kier molecular flexibility index (Phi) is 4.88. The zero-order valence-electron chi connectivity index (χ0n) is 7.38. The fourth-order valence-corrected chi connectivity index (χ4v) is 2.12. The summed E-state index contributed by atoms with van der Waals surface area (Å²) < 4.78 is 0. The van der Waals surface area contributed by atoms with Crippen LogP contribution in [0, 0.1) is 0 Å². The van der Waals surface area contributed by atoms with Gasteiger partial charge >= 0.3 is 0 Å². The van der Waals surface area contributed by atoms with Crippen molar-refractivity contribution in [3.63, 3.8) is 0 Å². The number of halogens is 3. The van der Waals surface area contributed by atoms with Gasteiger partial charge in [-0.3, -0.25) is 0 Å². The first-order chi connectivity index (χ1) is 6.54. The molecule has 0 heterocycles. The van der Waals surface area contributed by atoms with Crippen LogP contribution in [-0.4, -0.2) is 16.2 Å². The molecule has 0 saturated carbocycles. The molecule has 0 aliphatic heterocycles. The molecule has 0 aromatic heterocycles. The van der Waals surface area contributed by atoms with E-state index < -0.39 is 10.9 Å². The van der Waals surface area contributed by atoms with E-state index in [1.54, 1.807) is 17.8 Å². The third kappa shape index (κ3) is 3.21. The summed E-state index contributed by atoms with van der Waals surface area (Å²) in [6.07, 6.45) is 1.03. The minimum atomic E-state index is -0.900. The fraction of sp³-hybridized carbons (Fsp3) is 0.333. The molecule has 1 unspecified atom stereocenters. The van der Waals surface area contributed by atoms with Crippen LogP contribution in [0.3, 0.4) is 0 Å². The van der Waals surface area contributed by atoms with E-state index >= 15 is 0 Å². The first kappa shape index (κ1) is 12.5. The van der Waals surface area contributed by atoms with Gasteiger partial charge in [-0.25, -0.2) is 0 Å². The highest BCUT2D eigenvalue weighted by Crippen LogP contribution is 2.29. The molecule has 1 N–H and O–H groups in total. The van der Waals surface area contributed by atoms with E-state index in [0.717, 1.165) is 4.90 Å². The third-order valence-corrected chi connectivity index (χ3v) is 3.11. The van der Waals surface area contributed by atoms with Crippen LogP contribution < -0.4 is 0 Å². The van der Waals surface area contributed by atoms with Gasteiger partial charge in [0.2, 0.25) is 0 Å². The van der Waals surface area contributed by atoms with Crippen LogP contribution in [0.25, 0.3) is 0 Å². The average molecular weight is 272 g/mol. The van der Waals surface area contributed by atoms with Crippen molar-refractivity contribution in [2.45, 2.75) is 15.8 Å². The molecule has 0 spiro atoms. The van der Waals surface area contributed by atoms with Gasteiger partial charge in [0.1, 0.15) is 10.9 Å². The highest BCUT2D eigenvalue weighted by Gasteiger charge is 2.16. The summed E-state index contributed by atoms with van der Waals surface area (Å²) in [6.45, 7) is 0. The predicted octanol–water partition coefficient (Wildman–Crippen LogP) is 3.90. The molecular weight excluding hydrogens is 263 g/mol. The summed E-state index contributed by atoms with van der Waals surface area (Å²) >= 11 is 18.6. The largest absolute Gasteiger partial charge is 0.386 e. The number of hydrogen-bond donors (Lipinski definition) is 1. The zero-order chi connectivity index (χ0) is 10.7. The predicted molar refractivity (Wildman–Crippen MR) is 63.7 cm³/mol. The van der Waals surface area contributed by atoms with Gasteiger partial charge in [-0.2, -0.15) is 0 Å². The Balaban J connectivity index is 3.02. The van der Waals surface area contributed by atoms with Gasteiger partial charge in [0.25, 0.3) is 0 Å². The van der Waals surface area contributed by atoms with Gasteiger partial charge in [-0.1, -0.05) is 11.6 Å². The molecule has 1 rings (SSSR count). The number of rotatable bonds is 3. The first-order valence-electron chi connectivity index (χ1n) is 3.85. The van der Waals surface area contributed by atoms with Crippen molar-refractivity contribution in [1.29, 1.82) is 0 Å². The summed E-state index contributed by atoms with van der Waals surface area (Å²) in [5.41, 5.74) is 0.636. The lowest BCUT2D eigenvalue weighted by atomic mass is 10.1. The van der Waals surface area contributed by atoms with Crippen molar-refractivity contribution >= 4 is 46.6 Å². The zero-order valence-corrected chi connectivity index (χ0v) is 10.5. The Morgan fingerprint density at radius 1 is 1.29 bits per heavy atom. The highest BCUT2D eigenvalue weighted by molar-refractivity contribution is 7.98. The molecule has 0 aliphatic carbocycles. The normalized spacial score (nSPS) is 13.3. The van der Waals surface area contributed by atoms with E-state index in [4.69, 9.17) is 34.8 Å². The fourth-order valence-electron chi connectivity index (χ4n) is 1.02. The smallest absolute Gasteiger partial charge is 0.137 e. The number of aliphatic hydroxyl groups excluding tert-OH is 1. The van der Waals surface area contributed by atoms with Crippen molar-refractivity contribution in [2.24, 2.45) is 0 Å². The molecule has 78 valence electrons. The Morgan fingerprint density at radius 3 is 2.43 bits per heavy atom. The van der Waals surface area contributed by atoms with E-state index in [-0.39, 0.29) is 0 Å². The molecule has 0 fully saturated rings. The third-order valence-electron chi connectivity index (χ3n) is 1.71. The summed E-state index contributed by atoms with van der Waals surface area (Å²) in [4.78, 5) is 0.128. The first-order valence-corrected chi connectivity index (χ1v) is 6.33. The topological polar surface area (TPSA) is 20.2 Å². The number of alkyl halides is 2. The summed E-state index contributed by atoms with van der Waals surface area (Å²) in [5, 5.41) is 10.2. The minimum absolute atomic E-state index is 0.569. The van der Waals surface area contributed by atoms with E-state index in [9.17, 15) is 5.11 Å². The maximum Gasteiger partial charge on any atom is 0.137 e. The molecule has 1 nitrogen and oxygen atoms in total. The lowest BCUT2D eigenvalue weighted by molar-refractivity contribution is 0.192. The summed E-state index contributed by atoms with van der Waals surface area (Å²) in [5.74, 6) is 0. The van der Waals surface area contributed by atoms with Crippen LogP contribution in [0.2, 0.25) is 5.02 Å². The molecule has 0 bridgehead atoms. The highest BCUT2D eigenvalue weighted by atomic mass is 35.5. The quantitative estimate of drug-likeness (QED) is 0.665. The molecule has 1 aromatic carbocycles.